The van der Waals surface area contributed by atoms with Crippen LogP contribution in [0, 0.1) is 0 Å². The highest BCUT2D eigenvalue weighted by Gasteiger charge is 2.19. The van der Waals surface area contributed by atoms with Gasteiger partial charge in [0.15, 0.2) is 0 Å². The fourth-order valence-corrected chi connectivity index (χ4v) is 2.15. The van der Waals surface area contributed by atoms with Gasteiger partial charge in [-0.1, -0.05) is 11.6 Å². The van der Waals surface area contributed by atoms with Gasteiger partial charge in [-0.3, -0.25) is 4.79 Å². The summed E-state index contributed by atoms with van der Waals surface area (Å²) < 4.78 is 0. The molecule has 17 heavy (non-hydrogen) atoms. The van der Waals surface area contributed by atoms with Crippen LogP contribution in [0.5, 0.6) is 5.75 Å². The molecule has 1 aromatic carbocycles. The molecule has 1 N–H and O–H groups in total. The van der Waals surface area contributed by atoms with Crippen LogP contribution in [0.25, 0.3) is 0 Å². The van der Waals surface area contributed by atoms with E-state index < -0.39 is 0 Å². The third-order valence-electron chi connectivity index (χ3n) is 3.02. The Labute approximate surface area is 105 Å². The van der Waals surface area contributed by atoms with E-state index in [1.807, 2.05) is 11.0 Å². The molecule has 0 spiro atoms. The summed E-state index contributed by atoms with van der Waals surface area (Å²) in [5.74, 6) is 0.214. The number of halogens is 1. The number of carbonyl (C=O) groups is 1. The zero-order valence-electron chi connectivity index (χ0n) is 9.69. The molecule has 1 aromatic rings. The summed E-state index contributed by atoms with van der Waals surface area (Å²) in [4.78, 5) is 15.2. The first kappa shape index (κ1) is 12.0. The number of amides is 1. The minimum Gasteiger partial charge on any atom is -0.506 e. The van der Waals surface area contributed by atoms with Crippen molar-refractivity contribution < 1.29 is 9.90 Å². The van der Waals surface area contributed by atoms with Crippen molar-refractivity contribution in [2.45, 2.75) is 6.92 Å². The van der Waals surface area contributed by atoms with Crippen molar-refractivity contribution in [3.8, 4) is 5.75 Å². The summed E-state index contributed by atoms with van der Waals surface area (Å²) in [6.07, 6.45) is 0. The van der Waals surface area contributed by atoms with Crippen molar-refractivity contribution in [2.75, 3.05) is 31.1 Å². The second kappa shape index (κ2) is 4.84. The highest BCUT2D eigenvalue weighted by molar-refractivity contribution is 6.32. The summed E-state index contributed by atoms with van der Waals surface area (Å²) in [7, 11) is 0. The highest BCUT2D eigenvalue weighted by Crippen LogP contribution is 2.28. The molecule has 92 valence electrons. The maximum Gasteiger partial charge on any atom is 0.219 e. The van der Waals surface area contributed by atoms with E-state index in [-0.39, 0.29) is 11.7 Å². The van der Waals surface area contributed by atoms with E-state index in [9.17, 15) is 9.90 Å². The summed E-state index contributed by atoms with van der Waals surface area (Å²) in [5, 5.41) is 9.71. The van der Waals surface area contributed by atoms with E-state index in [0.717, 1.165) is 31.9 Å². The Morgan fingerprint density at radius 3 is 2.47 bits per heavy atom. The highest BCUT2D eigenvalue weighted by atomic mass is 35.5. The Morgan fingerprint density at radius 2 is 1.94 bits per heavy atom. The molecule has 1 aliphatic heterocycles. The van der Waals surface area contributed by atoms with Crippen molar-refractivity contribution in [2.24, 2.45) is 0 Å². The van der Waals surface area contributed by atoms with Crippen LogP contribution in [-0.4, -0.2) is 42.1 Å². The zero-order valence-corrected chi connectivity index (χ0v) is 10.4. The van der Waals surface area contributed by atoms with Crippen LogP contribution in [0.2, 0.25) is 5.02 Å². The number of carbonyl (C=O) groups excluding carboxylic acids is 1. The molecule has 0 radical (unpaired) electrons. The van der Waals surface area contributed by atoms with E-state index in [4.69, 9.17) is 11.6 Å². The first-order chi connectivity index (χ1) is 8.08. The third-order valence-corrected chi connectivity index (χ3v) is 3.32. The molecule has 0 aliphatic carbocycles. The van der Waals surface area contributed by atoms with Gasteiger partial charge in [0.1, 0.15) is 5.75 Å². The monoisotopic (exact) mass is 254 g/mol. The molecule has 1 heterocycles. The molecule has 0 saturated carbocycles. The van der Waals surface area contributed by atoms with Gasteiger partial charge in [-0.05, 0) is 18.2 Å². The number of phenols is 1. The number of hydrogen-bond donors (Lipinski definition) is 1. The predicted molar refractivity (Wildman–Crippen MR) is 67.6 cm³/mol. The summed E-state index contributed by atoms with van der Waals surface area (Å²) in [6, 6.07) is 5.18. The summed E-state index contributed by atoms with van der Waals surface area (Å²) in [5.41, 5.74) is 0.982. The Balaban J connectivity index is 2.05. The van der Waals surface area contributed by atoms with Gasteiger partial charge in [0, 0.05) is 38.8 Å². The number of piperazine rings is 1. The quantitative estimate of drug-likeness (QED) is 0.830. The van der Waals surface area contributed by atoms with Gasteiger partial charge in [-0.2, -0.15) is 0 Å². The number of anilines is 1. The number of aromatic hydroxyl groups is 1. The van der Waals surface area contributed by atoms with Gasteiger partial charge >= 0.3 is 0 Å². The van der Waals surface area contributed by atoms with E-state index in [2.05, 4.69) is 4.90 Å². The van der Waals surface area contributed by atoms with Crippen molar-refractivity contribution in [3.05, 3.63) is 23.2 Å². The van der Waals surface area contributed by atoms with Crippen molar-refractivity contribution in [3.63, 3.8) is 0 Å². The van der Waals surface area contributed by atoms with E-state index >= 15 is 0 Å². The Bertz CT molecular complexity index is 429. The molecular weight excluding hydrogens is 240 g/mol. The molecule has 1 fully saturated rings. The molecular formula is C12H15ClN2O2. The fourth-order valence-electron chi connectivity index (χ4n) is 1.97. The molecule has 2 rings (SSSR count). The average molecular weight is 255 g/mol. The number of hydrogen-bond acceptors (Lipinski definition) is 3. The first-order valence-electron chi connectivity index (χ1n) is 5.57. The summed E-state index contributed by atoms with van der Waals surface area (Å²) in [6.45, 7) is 4.64. The lowest BCUT2D eigenvalue weighted by atomic mass is 10.2. The van der Waals surface area contributed by atoms with Crippen molar-refractivity contribution >= 4 is 23.2 Å². The van der Waals surface area contributed by atoms with Gasteiger partial charge in [0.05, 0.1) is 5.02 Å². The van der Waals surface area contributed by atoms with E-state index in [1.165, 1.54) is 0 Å². The van der Waals surface area contributed by atoms with E-state index in [1.54, 1.807) is 19.1 Å². The lowest BCUT2D eigenvalue weighted by Crippen LogP contribution is -2.48. The number of phenolic OH excluding ortho intramolecular Hbond substituents is 1. The second-order valence-electron chi connectivity index (χ2n) is 4.13. The molecule has 1 amide bonds. The van der Waals surface area contributed by atoms with Crippen LogP contribution >= 0.6 is 11.6 Å². The minimum absolute atomic E-state index is 0.0952. The number of nitrogens with zero attached hydrogens (tertiary/aromatic N) is 2. The predicted octanol–water partition coefficient (Wildman–Crippen LogP) is 1.71. The molecule has 0 bridgehead atoms. The van der Waals surface area contributed by atoms with Crippen LogP contribution in [0.4, 0.5) is 5.69 Å². The van der Waals surface area contributed by atoms with Crippen molar-refractivity contribution in [1.82, 2.24) is 4.90 Å². The first-order valence-corrected chi connectivity index (χ1v) is 5.94. The normalized spacial score (nSPS) is 16.1. The van der Waals surface area contributed by atoms with Gasteiger partial charge in [-0.15, -0.1) is 0 Å². The molecule has 1 saturated heterocycles. The van der Waals surface area contributed by atoms with Gasteiger partial charge in [-0.25, -0.2) is 0 Å². The third kappa shape index (κ3) is 2.64. The van der Waals surface area contributed by atoms with Gasteiger partial charge in [0.2, 0.25) is 5.91 Å². The Hall–Kier alpha value is -1.42. The average Bonchev–Trinajstić information content (AvgIpc) is 2.33. The molecule has 0 aromatic heterocycles. The fraction of sp³-hybridized carbons (Fsp3) is 0.417. The zero-order chi connectivity index (χ0) is 12.4. The molecule has 1 aliphatic rings. The minimum atomic E-state index is 0.0952. The van der Waals surface area contributed by atoms with Gasteiger partial charge < -0.3 is 14.9 Å². The number of rotatable bonds is 1. The van der Waals surface area contributed by atoms with Crippen LogP contribution in [0.15, 0.2) is 18.2 Å². The lowest BCUT2D eigenvalue weighted by molar-refractivity contribution is -0.129. The Kier molecular flexibility index (Phi) is 3.43. The lowest BCUT2D eigenvalue weighted by Gasteiger charge is -2.35. The van der Waals surface area contributed by atoms with Crippen LogP contribution in [-0.2, 0) is 4.79 Å². The van der Waals surface area contributed by atoms with Crippen molar-refractivity contribution in [1.29, 1.82) is 0 Å². The maximum absolute atomic E-state index is 11.2. The largest absolute Gasteiger partial charge is 0.506 e. The summed E-state index contributed by atoms with van der Waals surface area (Å²) >= 11 is 5.87. The standard InChI is InChI=1S/C12H15ClN2O2/c1-9(16)14-4-6-15(7-5-14)10-2-3-12(17)11(13)8-10/h2-3,8,17H,4-7H2,1H3. The molecule has 0 atom stereocenters. The topological polar surface area (TPSA) is 43.8 Å². The van der Waals surface area contributed by atoms with Gasteiger partial charge in [0.25, 0.3) is 0 Å². The SMILES string of the molecule is CC(=O)N1CCN(c2ccc(O)c(Cl)c2)CC1. The van der Waals surface area contributed by atoms with Crippen LogP contribution in [0.3, 0.4) is 0 Å². The Morgan fingerprint density at radius 1 is 1.29 bits per heavy atom. The maximum atomic E-state index is 11.2. The van der Waals surface area contributed by atoms with E-state index in [0.29, 0.717) is 5.02 Å². The number of benzene rings is 1. The molecule has 5 heteroatoms. The van der Waals surface area contributed by atoms with Crippen LogP contribution < -0.4 is 4.90 Å². The second-order valence-corrected chi connectivity index (χ2v) is 4.54. The smallest absolute Gasteiger partial charge is 0.219 e. The molecule has 4 nitrogen and oxygen atoms in total. The van der Waals surface area contributed by atoms with Crippen LogP contribution in [0.1, 0.15) is 6.92 Å². The molecule has 0 unspecified atom stereocenters.